The minimum atomic E-state index is -0.534. The van der Waals surface area contributed by atoms with Gasteiger partial charge in [-0.3, -0.25) is 9.59 Å². The average Bonchev–Trinajstić information content (AvgIpc) is 3.29. The van der Waals surface area contributed by atoms with Crippen LogP contribution in [-0.2, 0) is 4.79 Å². The molecule has 36 heavy (non-hydrogen) atoms. The predicted octanol–water partition coefficient (Wildman–Crippen LogP) is 6.02. The van der Waals surface area contributed by atoms with Crippen molar-refractivity contribution in [2.45, 2.75) is 19.9 Å². The molecule has 0 spiro atoms. The van der Waals surface area contributed by atoms with Crippen LogP contribution in [0.2, 0.25) is 5.02 Å². The van der Waals surface area contributed by atoms with E-state index in [0.29, 0.717) is 39.0 Å². The highest BCUT2D eigenvalue weighted by Gasteiger charge is 2.36. The maximum absolute atomic E-state index is 13.6. The van der Waals surface area contributed by atoms with Gasteiger partial charge in [0.05, 0.1) is 11.8 Å². The highest BCUT2D eigenvalue weighted by Crippen LogP contribution is 2.39. The minimum Gasteiger partial charge on any atom is -0.343 e. The van der Waals surface area contributed by atoms with Crippen LogP contribution in [0.1, 0.15) is 34.5 Å². The van der Waals surface area contributed by atoms with Crippen molar-refractivity contribution in [2.24, 2.45) is 0 Å². The Hall–Kier alpha value is -4.36. The molecule has 0 fully saturated rings. The van der Waals surface area contributed by atoms with Gasteiger partial charge in [0, 0.05) is 22.1 Å². The standard InChI is InChI=1S/C28H24ClN5O2/c1-17-8-6-7-11-22(17)25-24(28(36)33-21-14-12-19(29)13-15-21)18(2)31-26-23(16-30-34(25)26)27(35)32-20-9-4-3-5-10-20/h3-16,25,31H,1-2H3,(H,32,35)(H,33,36)/t25-/m0/s1. The number of rotatable bonds is 5. The van der Waals surface area contributed by atoms with Gasteiger partial charge >= 0.3 is 0 Å². The largest absolute Gasteiger partial charge is 0.343 e. The third-order valence-electron chi connectivity index (χ3n) is 6.13. The monoisotopic (exact) mass is 497 g/mol. The first kappa shape index (κ1) is 23.4. The number of allylic oxidation sites excluding steroid dienone is 1. The molecule has 180 valence electrons. The van der Waals surface area contributed by atoms with Gasteiger partial charge < -0.3 is 16.0 Å². The fraction of sp³-hybridized carbons (Fsp3) is 0.107. The first-order valence-corrected chi connectivity index (χ1v) is 11.8. The molecule has 2 heterocycles. The van der Waals surface area contributed by atoms with E-state index in [4.69, 9.17) is 11.6 Å². The minimum absolute atomic E-state index is 0.271. The molecule has 1 aliphatic heterocycles. The van der Waals surface area contributed by atoms with Crippen LogP contribution in [0.3, 0.4) is 0 Å². The summed E-state index contributed by atoms with van der Waals surface area (Å²) < 4.78 is 1.70. The van der Waals surface area contributed by atoms with Crippen LogP contribution in [0.4, 0.5) is 17.2 Å². The summed E-state index contributed by atoms with van der Waals surface area (Å²) >= 11 is 6.00. The Morgan fingerprint density at radius 3 is 2.22 bits per heavy atom. The number of benzene rings is 3. The van der Waals surface area contributed by atoms with E-state index in [2.05, 4.69) is 21.0 Å². The number of nitrogens with one attached hydrogen (secondary N) is 3. The van der Waals surface area contributed by atoms with E-state index in [9.17, 15) is 9.59 Å². The Morgan fingerprint density at radius 2 is 1.50 bits per heavy atom. The Labute approximate surface area is 213 Å². The number of nitrogens with zero attached hydrogens (tertiary/aromatic N) is 2. The first-order valence-electron chi connectivity index (χ1n) is 11.5. The van der Waals surface area contributed by atoms with Crippen molar-refractivity contribution in [3.63, 3.8) is 0 Å². The molecule has 1 aromatic heterocycles. The van der Waals surface area contributed by atoms with Gasteiger partial charge in [0.2, 0.25) is 0 Å². The maximum Gasteiger partial charge on any atom is 0.261 e. The number of carbonyl (C=O) groups is 2. The number of aromatic nitrogens is 2. The summed E-state index contributed by atoms with van der Waals surface area (Å²) in [6.45, 7) is 3.82. The Morgan fingerprint density at radius 1 is 0.861 bits per heavy atom. The summed E-state index contributed by atoms with van der Waals surface area (Å²) in [5.74, 6) is -0.0374. The molecule has 0 bridgehead atoms. The van der Waals surface area contributed by atoms with Crippen molar-refractivity contribution in [3.05, 3.63) is 118 Å². The molecule has 0 radical (unpaired) electrons. The third-order valence-corrected chi connectivity index (χ3v) is 6.38. The number of hydrogen-bond acceptors (Lipinski definition) is 4. The van der Waals surface area contributed by atoms with Gasteiger partial charge in [0.1, 0.15) is 17.4 Å². The van der Waals surface area contributed by atoms with Crippen molar-refractivity contribution in [1.82, 2.24) is 9.78 Å². The molecular weight excluding hydrogens is 474 g/mol. The zero-order chi connectivity index (χ0) is 25.2. The lowest BCUT2D eigenvalue weighted by atomic mass is 9.91. The molecule has 5 rings (SSSR count). The summed E-state index contributed by atoms with van der Waals surface area (Å²) in [5.41, 5.74) is 4.76. The van der Waals surface area contributed by atoms with E-state index in [0.717, 1.165) is 11.1 Å². The fourth-order valence-electron chi connectivity index (χ4n) is 4.35. The predicted molar refractivity (Wildman–Crippen MR) is 142 cm³/mol. The van der Waals surface area contributed by atoms with Gasteiger partial charge in [-0.2, -0.15) is 5.10 Å². The average molecular weight is 498 g/mol. The van der Waals surface area contributed by atoms with Gasteiger partial charge in [-0.15, -0.1) is 0 Å². The summed E-state index contributed by atoms with van der Waals surface area (Å²) in [6.07, 6.45) is 1.53. The topological polar surface area (TPSA) is 88.0 Å². The van der Waals surface area contributed by atoms with Crippen molar-refractivity contribution >= 4 is 40.6 Å². The van der Waals surface area contributed by atoms with Crippen LogP contribution in [0, 0.1) is 6.92 Å². The van der Waals surface area contributed by atoms with Crippen molar-refractivity contribution in [1.29, 1.82) is 0 Å². The van der Waals surface area contributed by atoms with Crippen molar-refractivity contribution in [2.75, 3.05) is 16.0 Å². The smallest absolute Gasteiger partial charge is 0.261 e. The number of amides is 2. The van der Waals surface area contributed by atoms with Gasteiger partial charge in [0.25, 0.3) is 11.8 Å². The normalized spacial score (nSPS) is 14.6. The number of aryl methyl sites for hydroxylation is 1. The number of fused-ring (bicyclic) bond motifs is 1. The van der Waals surface area contributed by atoms with E-state index in [1.807, 2.05) is 68.4 Å². The number of hydrogen-bond donors (Lipinski definition) is 3. The van der Waals surface area contributed by atoms with Crippen LogP contribution in [0.5, 0.6) is 0 Å². The van der Waals surface area contributed by atoms with Gasteiger partial charge in [-0.1, -0.05) is 54.1 Å². The first-order chi connectivity index (χ1) is 17.4. The highest BCUT2D eigenvalue weighted by atomic mass is 35.5. The molecule has 1 aliphatic rings. The van der Waals surface area contributed by atoms with Crippen molar-refractivity contribution in [3.8, 4) is 0 Å². The van der Waals surface area contributed by atoms with E-state index >= 15 is 0 Å². The number of carbonyl (C=O) groups excluding carboxylic acids is 2. The number of halogens is 1. The molecule has 0 saturated carbocycles. The lowest BCUT2D eigenvalue weighted by Gasteiger charge is -2.31. The number of para-hydroxylation sites is 1. The summed E-state index contributed by atoms with van der Waals surface area (Å²) in [4.78, 5) is 26.7. The van der Waals surface area contributed by atoms with E-state index in [-0.39, 0.29) is 11.8 Å². The van der Waals surface area contributed by atoms with Crippen LogP contribution in [0.25, 0.3) is 0 Å². The summed E-state index contributed by atoms with van der Waals surface area (Å²) in [6, 6.07) is 23.5. The molecule has 3 aromatic carbocycles. The number of anilines is 3. The lowest BCUT2D eigenvalue weighted by Crippen LogP contribution is -2.32. The summed E-state index contributed by atoms with van der Waals surface area (Å²) in [5, 5.41) is 14.3. The van der Waals surface area contributed by atoms with Crippen LogP contribution < -0.4 is 16.0 Å². The highest BCUT2D eigenvalue weighted by molar-refractivity contribution is 6.30. The van der Waals surface area contributed by atoms with Crippen LogP contribution in [0.15, 0.2) is 96.3 Å². The lowest BCUT2D eigenvalue weighted by molar-refractivity contribution is -0.113. The zero-order valence-corrected chi connectivity index (χ0v) is 20.5. The molecule has 4 aromatic rings. The van der Waals surface area contributed by atoms with E-state index < -0.39 is 6.04 Å². The zero-order valence-electron chi connectivity index (χ0n) is 19.7. The van der Waals surface area contributed by atoms with Gasteiger partial charge in [-0.05, 0) is 61.4 Å². The second-order valence-electron chi connectivity index (χ2n) is 8.56. The van der Waals surface area contributed by atoms with Gasteiger partial charge in [-0.25, -0.2) is 4.68 Å². The molecule has 2 amide bonds. The molecule has 0 aliphatic carbocycles. The summed E-state index contributed by atoms with van der Waals surface area (Å²) in [7, 11) is 0. The van der Waals surface area contributed by atoms with Crippen LogP contribution in [-0.4, -0.2) is 21.6 Å². The van der Waals surface area contributed by atoms with E-state index in [1.54, 1.807) is 28.9 Å². The fourth-order valence-corrected chi connectivity index (χ4v) is 4.47. The Balaban J connectivity index is 1.55. The molecule has 0 unspecified atom stereocenters. The Kier molecular flexibility index (Phi) is 6.31. The maximum atomic E-state index is 13.6. The molecule has 0 saturated heterocycles. The van der Waals surface area contributed by atoms with Gasteiger partial charge in [0.15, 0.2) is 0 Å². The second kappa shape index (κ2) is 9.71. The second-order valence-corrected chi connectivity index (χ2v) is 8.99. The van der Waals surface area contributed by atoms with E-state index in [1.165, 1.54) is 6.20 Å². The third kappa shape index (κ3) is 4.48. The van der Waals surface area contributed by atoms with Crippen LogP contribution >= 0.6 is 11.6 Å². The molecule has 1 atom stereocenters. The molecule has 3 N–H and O–H groups in total. The quantitative estimate of drug-likeness (QED) is 0.314. The molecule has 8 heteroatoms. The molecule has 7 nitrogen and oxygen atoms in total. The SMILES string of the molecule is CC1=C(C(=O)Nc2ccc(Cl)cc2)[C@H](c2ccccc2C)n2ncc(C(=O)Nc3ccccc3)c2N1. The Bertz CT molecular complexity index is 1480. The van der Waals surface area contributed by atoms with Crippen molar-refractivity contribution < 1.29 is 9.59 Å². The molecular formula is C28H24ClN5O2.